The summed E-state index contributed by atoms with van der Waals surface area (Å²) in [6.45, 7) is 0. The fraction of sp³-hybridized carbons (Fsp3) is 0.167. The monoisotopic (exact) mass is 234 g/mol. The average Bonchev–Trinajstić information content (AvgIpc) is 2.30. The van der Waals surface area contributed by atoms with E-state index in [4.69, 9.17) is 11.6 Å². The van der Waals surface area contributed by atoms with Gasteiger partial charge in [-0.3, -0.25) is 4.79 Å². The molecule has 0 aliphatic rings. The first-order valence-corrected chi connectivity index (χ1v) is 5.54. The molecule has 2 aromatic rings. The van der Waals surface area contributed by atoms with Gasteiger partial charge in [0, 0.05) is 5.88 Å². The molecule has 16 heavy (non-hydrogen) atoms. The van der Waals surface area contributed by atoms with E-state index in [1.807, 2.05) is 24.3 Å². The van der Waals surface area contributed by atoms with Crippen LogP contribution in [0.3, 0.4) is 0 Å². The standard InChI is InChI=1S/C12H11ClN2O/c13-6-2-1-3-9-4-5-10-11(7-9)14-8-15-12(10)16/h1,3-5,7-8H,2,6H2,(H,14,15,16). The number of nitrogens with zero attached hydrogens (tertiary/aromatic N) is 1. The Bertz CT molecular complexity index is 574. The van der Waals surface area contributed by atoms with Gasteiger partial charge >= 0.3 is 0 Å². The second-order valence-electron chi connectivity index (χ2n) is 3.39. The number of aromatic nitrogens is 2. The van der Waals surface area contributed by atoms with Crippen LogP contribution in [0.25, 0.3) is 17.0 Å². The van der Waals surface area contributed by atoms with Gasteiger partial charge in [-0.2, -0.15) is 0 Å². The van der Waals surface area contributed by atoms with E-state index in [0.717, 1.165) is 12.0 Å². The van der Waals surface area contributed by atoms with Gasteiger partial charge in [0.1, 0.15) is 0 Å². The number of nitrogens with one attached hydrogen (secondary N) is 1. The van der Waals surface area contributed by atoms with Crippen LogP contribution in [0.4, 0.5) is 0 Å². The zero-order chi connectivity index (χ0) is 11.4. The number of alkyl halides is 1. The number of hydrogen-bond acceptors (Lipinski definition) is 2. The van der Waals surface area contributed by atoms with E-state index in [-0.39, 0.29) is 5.56 Å². The molecular formula is C12H11ClN2O. The van der Waals surface area contributed by atoms with Crippen LogP contribution < -0.4 is 5.56 Å². The molecule has 82 valence electrons. The Morgan fingerprint density at radius 2 is 2.31 bits per heavy atom. The van der Waals surface area contributed by atoms with Crippen molar-refractivity contribution in [1.29, 1.82) is 0 Å². The van der Waals surface area contributed by atoms with Crippen molar-refractivity contribution in [3.63, 3.8) is 0 Å². The maximum Gasteiger partial charge on any atom is 0.258 e. The number of hydrogen-bond donors (Lipinski definition) is 1. The Morgan fingerprint density at radius 3 is 3.12 bits per heavy atom. The van der Waals surface area contributed by atoms with Crippen molar-refractivity contribution < 1.29 is 0 Å². The molecule has 1 aromatic heterocycles. The van der Waals surface area contributed by atoms with Gasteiger partial charge in [0.25, 0.3) is 5.56 Å². The summed E-state index contributed by atoms with van der Waals surface area (Å²) in [4.78, 5) is 18.1. The number of aromatic amines is 1. The molecule has 1 heterocycles. The summed E-state index contributed by atoms with van der Waals surface area (Å²) >= 11 is 5.57. The van der Waals surface area contributed by atoms with Crippen LogP contribution in [0, 0.1) is 0 Å². The van der Waals surface area contributed by atoms with Crippen LogP contribution in [0.1, 0.15) is 12.0 Å². The van der Waals surface area contributed by atoms with Crippen LogP contribution in [0.15, 0.2) is 35.4 Å². The van der Waals surface area contributed by atoms with Gasteiger partial charge in [-0.05, 0) is 24.1 Å². The van der Waals surface area contributed by atoms with Crippen LogP contribution in [0.5, 0.6) is 0 Å². The highest BCUT2D eigenvalue weighted by molar-refractivity contribution is 6.17. The first kappa shape index (κ1) is 10.9. The lowest BCUT2D eigenvalue weighted by atomic mass is 10.1. The van der Waals surface area contributed by atoms with Crippen LogP contribution in [-0.4, -0.2) is 15.8 Å². The highest BCUT2D eigenvalue weighted by atomic mass is 35.5. The molecule has 4 heteroatoms. The topological polar surface area (TPSA) is 45.8 Å². The Morgan fingerprint density at radius 1 is 1.44 bits per heavy atom. The van der Waals surface area contributed by atoms with E-state index in [1.54, 1.807) is 6.07 Å². The summed E-state index contributed by atoms with van der Waals surface area (Å²) < 4.78 is 0. The third-order valence-electron chi connectivity index (χ3n) is 2.25. The maximum absolute atomic E-state index is 11.4. The Balaban J connectivity index is 2.41. The smallest absolute Gasteiger partial charge is 0.258 e. The highest BCUT2D eigenvalue weighted by Crippen LogP contribution is 2.11. The van der Waals surface area contributed by atoms with E-state index in [1.165, 1.54) is 6.33 Å². The molecule has 0 unspecified atom stereocenters. The minimum Gasteiger partial charge on any atom is -0.313 e. The van der Waals surface area contributed by atoms with Crippen molar-refractivity contribution in [3.05, 3.63) is 46.5 Å². The van der Waals surface area contributed by atoms with Crippen molar-refractivity contribution in [1.82, 2.24) is 9.97 Å². The molecule has 0 radical (unpaired) electrons. The molecule has 1 N–H and O–H groups in total. The quantitative estimate of drug-likeness (QED) is 0.830. The molecule has 0 bridgehead atoms. The minimum absolute atomic E-state index is 0.110. The molecule has 2 rings (SSSR count). The fourth-order valence-electron chi connectivity index (χ4n) is 1.47. The summed E-state index contributed by atoms with van der Waals surface area (Å²) in [5.74, 6) is 0.613. The Kier molecular flexibility index (Phi) is 3.37. The van der Waals surface area contributed by atoms with Crippen LogP contribution in [-0.2, 0) is 0 Å². The fourth-order valence-corrected chi connectivity index (χ4v) is 1.60. The molecule has 0 saturated carbocycles. The lowest BCUT2D eigenvalue weighted by Gasteiger charge is -1.97. The molecular weight excluding hydrogens is 224 g/mol. The SMILES string of the molecule is O=c1[nH]cnc2cc(C=CCCCl)ccc12. The number of halogens is 1. The predicted octanol–water partition coefficient (Wildman–Crippen LogP) is 2.57. The molecule has 1 aromatic carbocycles. The summed E-state index contributed by atoms with van der Waals surface area (Å²) in [6, 6.07) is 5.56. The molecule has 0 spiro atoms. The third kappa shape index (κ3) is 2.31. The van der Waals surface area contributed by atoms with E-state index in [9.17, 15) is 4.79 Å². The molecule has 0 atom stereocenters. The zero-order valence-corrected chi connectivity index (χ0v) is 9.37. The maximum atomic E-state index is 11.4. The van der Waals surface area contributed by atoms with Gasteiger partial charge in [0.15, 0.2) is 0 Å². The summed E-state index contributed by atoms with van der Waals surface area (Å²) in [7, 11) is 0. The molecule has 0 aliphatic carbocycles. The summed E-state index contributed by atoms with van der Waals surface area (Å²) in [5.41, 5.74) is 1.62. The van der Waals surface area contributed by atoms with Gasteiger partial charge in [-0.1, -0.05) is 18.2 Å². The van der Waals surface area contributed by atoms with Gasteiger partial charge in [-0.15, -0.1) is 11.6 Å². The highest BCUT2D eigenvalue weighted by Gasteiger charge is 1.98. The molecule has 3 nitrogen and oxygen atoms in total. The van der Waals surface area contributed by atoms with Gasteiger partial charge in [0.2, 0.25) is 0 Å². The second kappa shape index (κ2) is 4.94. The van der Waals surface area contributed by atoms with Crippen molar-refractivity contribution in [2.24, 2.45) is 0 Å². The third-order valence-corrected chi connectivity index (χ3v) is 2.47. The zero-order valence-electron chi connectivity index (χ0n) is 8.61. The number of H-pyrrole nitrogens is 1. The van der Waals surface area contributed by atoms with E-state index >= 15 is 0 Å². The number of benzene rings is 1. The first-order valence-electron chi connectivity index (χ1n) is 5.01. The van der Waals surface area contributed by atoms with E-state index in [2.05, 4.69) is 9.97 Å². The van der Waals surface area contributed by atoms with Crippen molar-refractivity contribution in [2.45, 2.75) is 6.42 Å². The van der Waals surface area contributed by atoms with Crippen LogP contribution >= 0.6 is 11.6 Å². The predicted molar refractivity (Wildman–Crippen MR) is 66.7 cm³/mol. The summed E-state index contributed by atoms with van der Waals surface area (Å²) in [6.07, 6.45) is 6.23. The molecule has 0 fully saturated rings. The van der Waals surface area contributed by atoms with Crippen molar-refractivity contribution >= 4 is 28.6 Å². The largest absolute Gasteiger partial charge is 0.313 e. The molecule has 0 amide bonds. The lowest BCUT2D eigenvalue weighted by molar-refractivity contribution is 1.17. The minimum atomic E-state index is -0.110. The molecule has 0 saturated heterocycles. The van der Waals surface area contributed by atoms with Gasteiger partial charge < -0.3 is 4.98 Å². The first-order chi connectivity index (χ1) is 7.81. The van der Waals surface area contributed by atoms with Crippen LogP contribution in [0.2, 0.25) is 0 Å². The number of allylic oxidation sites excluding steroid dienone is 1. The second-order valence-corrected chi connectivity index (χ2v) is 3.77. The Labute approximate surface area is 97.8 Å². The molecule has 0 aliphatic heterocycles. The van der Waals surface area contributed by atoms with Gasteiger partial charge in [0.05, 0.1) is 17.2 Å². The van der Waals surface area contributed by atoms with E-state index in [0.29, 0.717) is 16.8 Å². The summed E-state index contributed by atoms with van der Waals surface area (Å²) in [5, 5.41) is 0.608. The number of rotatable bonds is 3. The van der Waals surface area contributed by atoms with E-state index < -0.39 is 0 Å². The van der Waals surface area contributed by atoms with Crippen molar-refractivity contribution in [2.75, 3.05) is 5.88 Å². The van der Waals surface area contributed by atoms with Gasteiger partial charge in [-0.25, -0.2) is 4.98 Å². The Hall–Kier alpha value is -1.61. The normalized spacial score (nSPS) is 11.3. The lowest BCUT2D eigenvalue weighted by Crippen LogP contribution is -2.05. The van der Waals surface area contributed by atoms with Crippen molar-refractivity contribution in [3.8, 4) is 0 Å². The average molecular weight is 235 g/mol. The number of fused-ring (bicyclic) bond motifs is 1.